The number of cyclic esters (lactones) is 1. The third-order valence-electron chi connectivity index (χ3n) is 4.95. The van der Waals surface area contributed by atoms with Gasteiger partial charge in [0.25, 0.3) is 5.91 Å². The summed E-state index contributed by atoms with van der Waals surface area (Å²) in [6.07, 6.45) is 2.56. The molecule has 2 aliphatic heterocycles. The van der Waals surface area contributed by atoms with Gasteiger partial charge in [-0.1, -0.05) is 18.2 Å². The maximum absolute atomic E-state index is 12.6. The van der Waals surface area contributed by atoms with E-state index in [2.05, 4.69) is 0 Å². The van der Waals surface area contributed by atoms with Gasteiger partial charge in [0.05, 0.1) is 0 Å². The second kappa shape index (κ2) is 6.23. The van der Waals surface area contributed by atoms with Crippen molar-refractivity contribution < 1.29 is 19.1 Å². The molecule has 3 heterocycles. The molecule has 4 rings (SSSR count). The number of carbonyl (C=O) groups is 3. The number of para-hydroxylation sites is 1. The van der Waals surface area contributed by atoms with Crippen LogP contribution in [0.4, 0.5) is 4.79 Å². The van der Waals surface area contributed by atoms with Crippen molar-refractivity contribution in [1.29, 1.82) is 0 Å². The van der Waals surface area contributed by atoms with Crippen LogP contribution in [0, 0.1) is 0 Å². The first-order chi connectivity index (χ1) is 12.1. The summed E-state index contributed by atoms with van der Waals surface area (Å²) in [5.41, 5.74) is 1.04. The molecule has 2 aliphatic rings. The average molecular weight is 341 g/mol. The lowest BCUT2D eigenvalue weighted by Crippen LogP contribution is -2.49. The van der Waals surface area contributed by atoms with Crippen molar-refractivity contribution in [2.45, 2.75) is 25.4 Å². The topological polar surface area (TPSA) is 71.8 Å². The second-order valence-electron chi connectivity index (χ2n) is 6.43. The molecule has 0 spiro atoms. The standard InChI is InChI=1S/C18H19N3O4/c22-16(11-20-8-5-13-3-1-2-4-15(13)20)19-9-6-14(7-10-19)21-17(23)12-25-18(21)24/h1-5,8,14H,6-7,9-12H2. The number of carbonyl (C=O) groups excluding carboxylic acids is 3. The third kappa shape index (κ3) is 2.86. The molecule has 2 aromatic rings. The van der Waals surface area contributed by atoms with E-state index in [-0.39, 0.29) is 24.5 Å². The molecule has 130 valence electrons. The fourth-order valence-corrected chi connectivity index (χ4v) is 3.61. The van der Waals surface area contributed by atoms with Gasteiger partial charge in [-0.2, -0.15) is 0 Å². The molecule has 1 aromatic heterocycles. The second-order valence-corrected chi connectivity index (χ2v) is 6.43. The number of likely N-dealkylation sites (tertiary alicyclic amines) is 1. The lowest BCUT2D eigenvalue weighted by Gasteiger charge is -2.34. The molecule has 7 heteroatoms. The van der Waals surface area contributed by atoms with Crippen LogP contribution in [0.25, 0.3) is 10.9 Å². The van der Waals surface area contributed by atoms with Gasteiger partial charge < -0.3 is 14.2 Å². The summed E-state index contributed by atoms with van der Waals surface area (Å²) in [5, 5.41) is 1.11. The van der Waals surface area contributed by atoms with Crippen LogP contribution in [0.1, 0.15) is 12.8 Å². The lowest BCUT2D eigenvalue weighted by atomic mass is 10.0. The molecule has 0 unspecified atom stereocenters. The zero-order valence-electron chi connectivity index (χ0n) is 13.8. The van der Waals surface area contributed by atoms with Crippen molar-refractivity contribution >= 4 is 28.8 Å². The summed E-state index contributed by atoms with van der Waals surface area (Å²) in [7, 11) is 0. The molecule has 25 heavy (non-hydrogen) atoms. The van der Waals surface area contributed by atoms with Crippen molar-refractivity contribution in [2.75, 3.05) is 19.7 Å². The number of aromatic nitrogens is 1. The van der Waals surface area contributed by atoms with E-state index in [0.29, 0.717) is 32.5 Å². The highest BCUT2D eigenvalue weighted by molar-refractivity contribution is 5.98. The minimum absolute atomic E-state index is 0.0510. The normalized spacial score (nSPS) is 18.9. The predicted molar refractivity (Wildman–Crippen MR) is 89.7 cm³/mol. The summed E-state index contributed by atoms with van der Waals surface area (Å²) in [5.74, 6) is -0.233. The van der Waals surface area contributed by atoms with Crippen LogP contribution in [0.2, 0.25) is 0 Å². The van der Waals surface area contributed by atoms with E-state index >= 15 is 0 Å². The molecular formula is C18H19N3O4. The van der Waals surface area contributed by atoms with Crippen LogP contribution in [0.5, 0.6) is 0 Å². The Labute approximate surface area is 144 Å². The number of rotatable bonds is 3. The Morgan fingerprint density at radius 1 is 1.12 bits per heavy atom. The Balaban J connectivity index is 1.38. The van der Waals surface area contributed by atoms with Gasteiger partial charge in [0.1, 0.15) is 6.54 Å². The van der Waals surface area contributed by atoms with Gasteiger partial charge in [-0.3, -0.25) is 9.59 Å². The van der Waals surface area contributed by atoms with Crippen LogP contribution < -0.4 is 0 Å². The molecule has 2 fully saturated rings. The van der Waals surface area contributed by atoms with Gasteiger partial charge in [-0.05, 0) is 30.4 Å². The fourth-order valence-electron chi connectivity index (χ4n) is 3.61. The SMILES string of the molecule is O=C(Cn1ccc2ccccc21)N1CCC(N2C(=O)COC2=O)CC1. The Morgan fingerprint density at radius 3 is 2.60 bits per heavy atom. The molecular weight excluding hydrogens is 322 g/mol. The Hall–Kier alpha value is -2.83. The highest BCUT2D eigenvalue weighted by Crippen LogP contribution is 2.21. The number of fused-ring (bicyclic) bond motifs is 1. The smallest absolute Gasteiger partial charge is 0.417 e. The number of nitrogens with zero attached hydrogens (tertiary/aromatic N) is 3. The third-order valence-corrected chi connectivity index (χ3v) is 4.95. The quantitative estimate of drug-likeness (QED) is 0.850. The van der Waals surface area contributed by atoms with Crippen molar-refractivity contribution in [3.8, 4) is 0 Å². The first-order valence-electron chi connectivity index (χ1n) is 8.44. The predicted octanol–water partition coefficient (Wildman–Crippen LogP) is 1.61. The highest BCUT2D eigenvalue weighted by atomic mass is 16.6. The Bertz CT molecular complexity index is 820. The van der Waals surface area contributed by atoms with Gasteiger partial charge in [0, 0.05) is 30.8 Å². The monoisotopic (exact) mass is 341 g/mol. The van der Waals surface area contributed by atoms with Crippen molar-refractivity contribution in [2.24, 2.45) is 0 Å². The summed E-state index contributed by atoms with van der Waals surface area (Å²) in [6, 6.07) is 9.79. The van der Waals surface area contributed by atoms with Crippen LogP contribution in [0.3, 0.4) is 0 Å². The molecule has 2 saturated heterocycles. The van der Waals surface area contributed by atoms with E-state index in [1.54, 1.807) is 4.90 Å². The molecule has 3 amide bonds. The number of benzene rings is 1. The van der Waals surface area contributed by atoms with Gasteiger partial charge >= 0.3 is 6.09 Å². The first kappa shape index (κ1) is 15.7. The van der Waals surface area contributed by atoms with Crippen molar-refractivity contribution in [3.63, 3.8) is 0 Å². The number of imide groups is 1. The van der Waals surface area contributed by atoms with Crippen LogP contribution >= 0.6 is 0 Å². The number of hydrogen-bond donors (Lipinski definition) is 0. The summed E-state index contributed by atoms with van der Waals surface area (Å²) in [6.45, 7) is 1.21. The summed E-state index contributed by atoms with van der Waals surface area (Å²) in [4.78, 5) is 39.0. The summed E-state index contributed by atoms with van der Waals surface area (Å²) >= 11 is 0. The van der Waals surface area contributed by atoms with E-state index in [0.717, 1.165) is 10.9 Å². The largest absolute Gasteiger partial charge is 0.439 e. The van der Waals surface area contributed by atoms with Crippen LogP contribution in [0.15, 0.2) is 36.5 Å². The molecule has 0 N–H and O–H groups in total. The lowest BCUT2D eigenvalue weighted by molar-refractivity contribution is -0.133. The molecule has 0 bridgehead atoms. The number of piperidine rings is 1. The van der Waals surface area contributed by atoms with E-state index < -0.39 is 6.09 Å². The van der Waals surface area contributed by atoms with Crippen LogP contribution in [-0.2, 0) is 20.9 Å². The van der Waals surface area contributed by atoms with E-state index in [9.17, 15) is 14.4 Å². The molecule has 7 nitrogen and oxygen atoms in total. The number of amides is 3. The minimum atomic E-state index is -0.561. The molecule has 0 saturated carbocycles. The molecule has 0 atom stereocenters. The zero-order chi connectivity index (χ0) is 17.4. The molecule has 0 radical (unpaired) electrons. The maximum Gasteiger partial charge on any atom is 0.417 e. The number of ether oxygens (including phenoxy) is 1. The summed E-state index contributed by atoms with van der Waals surface area (Å²) < 4.78 is 6.72. The highest BCUT2D eigenvalue weighted by Gasteiger charge is 2.38. The van der Waals surface area contributed by atoms with E-state index in [1.165, 1.54) is 4.90 Å². The van der Waals surface area contributed by atoms with E-state index in [1.807, 2.05) is 41.1 Å². The van der Waals surface area contributed by atoms with Crippen LogP contribution in [-0.4, -0.2) is 58.0 Å². The zero-order valence-corrected chi connectivity index (χ0v) is 13.8. The molecule has 1 aromatic carbocycles. The van der Waals surface area contributed by atoms with E-state index in [4.69, 9.17) is 4.74 Å². The van der Waals surface area contributed by atoms with Gasteiger partial charge in [0.15, 0.2) is 6.61 Å². The van der Waals surface area contributed by atoms with Crippen molar-refractivity contribution in [1.82, 2.24) is 14.4 Å². The average Bonchev–Trinajstić information content (AvgIpc) is 3.19. The van der Waals surface area contributed by atoms with Crippen molar-refractivity contribution in [3.05, 3.63) is 36.5 Å². The fraction of sp³-hybridized carbons (Fsp3) is 0.389. The molecule has 0 aliphatic carbocycles. The first-order valence-corrected chi connectivity index (χ1v) is 8.44. The van der Waals surface area contributed by atoms with Gasteiger partial charge in [0.2, 0.25) is 5.91 Å². The Kier molecular flexibility index (Phi) is 3.91. The minimum Gasteiger partial charge on any atom is -0.439 e. The van der Waals surface area contributed by atoms with Gasteiger partial charge in [-0.15, -0.1) is 0 Å². The van der Waals surface area contributed by atoms with Gasteiger partial charge in [-0.25, -0.2) is 9.69 Å². The maximum atomic E-state index is 12.6. The Morgan fingerprint density at radius 2 is 1.88 bits per heavy atom. The number of hydrogen-bond acceptors (Lipinski definition) is 4.